The topological polar surface area (TPSA) is 31.4 Å². The number of hydrogen-bond acceptors (Lipinski definition) is 4. The molecule has 0 unspecified atom stereocenters. The summed E-state index contributed by atoms with van der Waals surface area (Å²) in [4.78, 5) is 5.76. The molecular formula is C27H31NO2S. The SMILES string of the molecule is CCC/C=C/COc1ccc(-c2cnc(-c3ccc(OC/C=C/CCC)cc3)s2)cc1. The summed E-state index contributed by atoms with van der Waals surface area (Å²) in [5.41, 5.74) is 2.25. The summed E-state index contributed by atoms with van der Waals surface area (Å²) in [6.07, 6.45) is 14.9. The van der Waals surface area contributed by atoms with Crippen molar-refractivity contribution in [3.05, 3.63) is 79.0 Å². The number of unbranched alkanes of at least 4 members (excludes halogenated alkanes) is 2. The molecule has 0 N–H and O–H groups in total. The first-order chi connectivity index (χ1) is 15.3. The molecule has 4 heteroatoms. The molecule has 0 saturated heterocycles. The molecule has 3 nitrogen and oxygen atoms in total. The van der Waals surface area contributed by atoms with Crippen molar-refractivity contribution in [1.29, 1.82) is 0 Å². The van der Waals surface area contributed by atoms with Crippen molar-refractivity contribution in [2.75, 3.05) is 13.2 Å². The third-order valence-corrected chi connectivity index (χ3v) is 5.78. The van der Waals surface area contributed by atoms with Gasteiger partial charge in [0.2, 0.25) is 0 Å². The lowest BCUT2D eigenvalue weighted by molar-refractivity contribution is 0.362. The van der Waals surface area contributed by atoms with Crippen LogP contribution in [0.3, 0.4) is 0 Å². The maximum Gasteiger partial charge on any atom is 0.123 e. The molecule has 0 radical (unpaired) electrons. The van der Waals surface area contributed by atoms with Crippen LogP contribution in [0.5, 0.6) is 11.5 Å². The number of aromatic nitrogens is 1. The first-order valence-electron chi connectivity index (χ1n) is 11.0. The van der Waals surface area contributed by atoms with Gasteiger partial charge in [0.05, 0.1) is 4.88 Å². The van der Waals surface area contributed by atoms with Crippen molar-refractivity contribution in [1.82, 2.24) is 4.98 Å². The van der Waals surface area contributed by atoms with Gasteiger partial charge < -0.3 is 9.47 Å². The fraction of sp³-hybridized carbons (Fsp3) is 0.296. The van der Waals surface area contributed by atoms with Crippen LogP contribution >= 0.6 is 11.3 Å². The molecule has 0 aliphatic heterocycles. The highest BCUT2D eigenvalue weighted by Gasteiger charge is 2.07. The average Bonchev–Trinajstić information content (AvgIpc) is 3.30. The first-order valence-corrected chi connectivity index (χ1v) is 11.8. The van der Waals surface area contributed by atoms with Crippen LogP contribution in [0.15, 0.2) is 79.0 Å². The summed E-state index contributed by atoms with van der Waals surface area (Å²) in [5, 5.41) is 1.01. The van der Waals surface area contributed by atoms with Crippen molar-refractivity contribution in [3.63, 3.8) is 0 Å². The largest absolute Gasteiger partial charge is 0.490 e. The van der Waals surface area contributed by atoms with Crippen LogP contribution in [0, 0.1) is 0 Å². The van der Waals surface area contributed by atoms with Crippen molar-refractivity contribution in [3.8, 4) is 32.5 Å². The fourth-order valence-electron chi connectivity index (χ4n) is 2.94. The number of hydrogen-bond donors (Lipinski definition) is 0. The molecule has 0 bridgehead atoms. The van der Waals surface area contributed by atoms with E-state index >= 15 is 0 Å². The van der Waals surface area contributed by atoms with Gasteiger partial charge in [0.1, 0.15) is 29.7 Å². The Kier molecular flexibility index (Phi) is 9.39. The lowest BCUT2D eigenvalue weighted by Gasteiger charge is -2.04. The molecule has 0 amide bonds. The first kappa shape index (κ1) is 22.8. The highest BCUT2D eigenvalue weighted by molar-refractivity contribution is 7.18. The van der Waals surface area contributed by atoms with Crippen molar-refractivity contribution >= 4 is 11.3 Å². The van der Waals surface area contributed by atoms with E-state index in [2.05, 4.69) is 67.4 Å². The molecule has 162 valence electrons. The molecule has 0 aliphatic rings. The molecule has 31 heavy (non-hydrogen) atoms. The van der Waals surface area contributed by atoms with Crippen LogP contribution in [-0.2, 0) is 0 Å². The van der Waals surface area contributed by atoms with Crippen molar-refractivity contribution in [2.24, 2.45) is 0 Å². The fourth-order valence-corrected chi connectivity index (χ4v) is 3.87. The van der Waals surface area contributed by atoms with Gasteiger partial charge in [0.25, 0.3) is 0 Å². The minimum absolute atomic E-state index is 0.607. The number of thiazole rings is 1. The molecule has 0 spiro atoms. The Morgan fingerprint density at radius 2 is 1.23 bits per heavy atom. The highest BCUT2D eigenvalue weighted by atomic mass is 32.1. The predicted molar refractivity (Wildman–Crippen MR) is 132 cm³/mol. The third kappa shape index (κ3) is 7.41. The zero-order valence-corrected chi connectivity index (χ0v) is 19.2. The smallest absolute Gasteiger partial charge is 0.123 e. The standard InChI is InChI=1S/C27H31NO2S/c1-3-5-7-9-19-29-24-15-11-22(12-16-24)26-21-28-27(31-26)23-13-17-25(18-14-23)30-20-10-8-6-4-2/h7-18,21H,3-6,19-20H2,1-2H3/b9-7+,10-8+. The summed E-state index contributed by atoms with van der Waals surface area (Å²) in [6.45, 7) is 5.56. The summed E-state index contributed by atoms with van der Waals surface area (Å²) < 4.78 is 11.5. The van der Waals surface area contributed by atoms with Gasteiger partial charge in [-0.1, -0.05) is 51.0 Å². The van der Waals surface area contributed by atoms with E-state index in [9.17, 15) is 0 Å². The number of rotatable bonds is 12. The molecule has 3 aromatic rings. The van der Waals surface area contributed by atoms with E-state index in [1.165, 1.54) is 0 Å². The van der Waals surface area contributed by atoms with E-state index in [1.54, 1.807) is 11.3 Å². The van der Waals surface area contributed by atoms with Gasteiger partial charge in [0, 0.05) is 11.8 Å². The average molecular weight is 434 g/mol. The zero-order valence-electron chi connectivity index (χ0n) is 18.4. The van der Waals surface area contributed by atoms with Crippen LogP contribution < -0.4 is 9.47 Å². The molecule has 2 aromatic carbocycles. The quantitative estimate of drug-likeness (QED) is 0.272. The Labute approximate surface area is 190 Å². The Hall–Kier alpha value is -2.85. The normalized spacial score (nSPS) is 11.4. The zero-order chi connectivity index (χ0) is 21.7. The van der Waals surface area contributed by atoms with Crippen molar-refractivity contribution < 1.29 is 9.47 Å². The molecule has 1 heterocycles. The van der Waals surface area contributed by atoms with Gasteiger partial charge in [-0.3, -0.25) is 0 Å². The molecule has 0 saturated carbocycles. The van der Waals surface area contributed by atoms with Gasteiger partial charge in [0.15, 0.2) is 0 Å². The monoisotopic (exact) mass is 433 g/mol. The predicted octanol–water partition coefficient (Wildman–Crippen LogP) is 7.95. The van der Waals surface area contributed by atoms with Gasteiger partial charge in [-0.2, -0.15) is 0 Å². The number of ether oxygens (including phenoxy) is 2. The summed E-state index contributed by atoms with van der Waals surface area (Å²) in [7, 11) is 0. The minimum Gasteiger partial charge on any atom is -0.490 e. The van der Waals surface area contributed by atoms with Gasteiger partial charge in [-0.05, 0) is 66.9 Å². The van der Waals surface area contributed by atoms with Crippen LogP contribution in [0.1, 0.15) is 39.5 Å². The Morgan fingerprint density at radius 1 is 0.710 bits per heavy atom. The number of allylic oxidation sites excluding steroid dienone is 2. The van der Waals surface area contributed by atoms with Crippen LogP contribution in [0.25, 0.3) is 21.0 Å². The molecule has 0 atom stereocenters. The molecular weight excluding hydrogens is 402 g/mol. The third-order valence-electron chi connectivity index (χ3n) is 4.68. The summed E-state index contributed by atoms with van der Waals surface area (Å²) >= 11 is 1.69. The summed E-state index contributed by atoms with van der Waals surface area (Å²) in [6, 6.07) is 16.4. The van der Waals surface area contributed by atoms with Crippen LogP contribution in [0.2, 0.25) is 0 Å². The Balaban J connectivity index is 1.56. The maximum atomic E-state index is 5.76. The molecule has 3 rings (SSSR count). The van der Waals surface area contributed by atoms with E-state index in [4.69, 9.17) is 9.47 Å². The van der Waals surface area contributed by atoms with Crippen LogP contribution in [0.4, 0.5) is 0 Å². The van der Waals surface area contributed by atoms with E-state index < -0.39 is 0 Å². The van der Waals surface area contributed by atoms with Gasteiger partial charge in [-0.15, -0.1) is 11.3 Å². The number of benzene rings is 2. The van der Waals surface area contributed by atoms with Gasteiger partial charge >= 0.3 is 0 Å². The van der Waals surface area contributed by atoms with E-state index in [0.717, 1.165) is 58.2 Å². The van der Waals surface area contributed by atoms with Crippen LogP contribution in [-0.4, -0.2) is 18.2 Å². The Bertz CT molecular complexity index is 878. The van der Waals surface area contributed by atoms with Gasteiger partial charge in [-0.25, -0.2) is 4.98 Å². The second-order valence-electron chi connectivity index (χ2n) is 7.22. The highest BCUT2D eigenvalue weighted by Crippen LogP contribution is 2.33. The van der Waals surface area contributed by atoms with E-state index in [-0.39, 0.29) is 0 Å². The molecule has 0 fully saturated rings. The molecule has 0 aliphatic carbocycles. The lowest BCUT2D eigenvalue weighted by atomic mass is 10.2. The summed E-state index contributed by atoms with van der Waals surface area (Å²) in [5.74, 6) is 1.76. The number of nitrogens with zero attached hydrogens (tertiary/aromatic N) is 1. The second kappa shape index (κ2) is 12.8. The maximum absolute atomic E-state index is 5.76. The Morgan fingerprint density at radius 3 is 1.74 bits per heavy atom. The second-order valence-corrected chi connectivity index (χ2v) is 8.25. The lowest BCUT2D eigenvalue weighted by Crippen LogP contribution is -1.92. The van der Waals surface area contributed by atoms with E-state index in [1.807, 2.05) is 30.5 Å². The van der Waals surface area contributed by atoms with E-state index in [0.29, 0.717) is 13.2 Å². The van der Waals surface area contributed by atoms with Crippen molar-refractivity contribution in [2.45, 2.75) is 39.5 Å². The molecule has 1 aromatic heterocycles. The minimum atomic E-state index is 0.607.